The first-order valence-electron chi connectivity index (χ1n) is 10.0. The highest BCUT2D eigenvalue weighted by molar-refractivity contribution is 5.76. The number of hydrogen-bond acceptors (Lipinski definition) is 3. The fraction of sp³-hybridized carbons (Fsp3) is 0.435. The molecule has 4 nitrogen and oxygen atoms in total. The Labute approximate surface area is 170 Å². The molecular weight excluding hydrogens is 374 g/mol. The van der Waals surface area contributed by atoms with E-state index in [-0.39, 0.29) is 48.6 Å². The molecule has 6 heteroatoms. The zero-order valence-corrected chi connectivity index (χ0v) is 17.1. The summed E-state index contributed by atoms with van der Waals surface area (Å²) in [5.41, 5.74) is 2.18. The molecule has 1 saturated heterocycles. The summed E-state index contributed by atoms with van der Waals surface area (Å²) in [4.78, 5) is 14.2. The number of halogens is 2. The SMILES string of the molecule is CC1CN(c2ccc(CNC(=O)CC(C)c3ccc(F)cc3)cc2F)CC(C)O1. The van der Waals surface area contributed by atoms with Crippen LogP contribution in [0.5, 0.6) is 0 Å². The fourth-order valence-electron chi connectivity index (χ4n) is 3.75. The van der Waals surface area contributed by atoms with Gasteiger partial charge in [-0.3, -0.25) is 4.79 Å². The summed E-state index contributed by atoms with van der Waals surface area (Å²) < 4.78 is 33.4. The third-order valence-electron chi connectivity index (χ3n) is 5.19. The van der Waals surface area contributed by atoms with Crippen molar-refractivity contribution in [2.45, 2.75) is 51.9 Å². The van der Waals surface area contributed by atoms with E-state index in [1.54, 1.807) is 18.2 Å². The van der Waals surface area contributed by atoms with E-state index < -0.39 is 0 Å². The average Bonchev–Trinajstić information content (AvgIpc) is 2.66. The average molecular weight is 402 g/mol. The maximum atomic E-state index is 14.7. The van der Waals surface area contributed by atoms with Crippen LogP contribution in [0.3, 0.4) is 0 Å². The van der Waals surface area contributed by atoms with Crippen LogP contribution in [0.2, 0.25) is 0 Å². The van der Waals surface area contributed by atoms with Gasteiger partial charge in [0.1, 0.15) is 11.6 Å². The van der Waals surface area contributed by atoms with Crippen LogP contribution in [-0.4, -0.2) is 31.2 Å². The Morgan fingerprint density at radius 2 is 1.79 bits per heavy atom. The highest BCUT2D eigenvalue weighted by atomic mass is 19.1. The van der Waals surface area contributed by atoms with Gasteiger partial charge in [0.15, 0.2) is 0 Å². The standard InChI is InChI=1S/C23H28F2N2O2/c1-15(19-5-7-20(24)8-6-19)10-23(28)26-12-18-4-9-22(21(25)11-18)27-13-16(2)29-17(3)14-27/h4-9,11,15-17H,10,12-14H2,1-3H3,(H,26,28). The minimum Gasteiger partial charge on any atom is -0.372 e. The van der Waals surface area contributed by atoms with E-state index in [9.17, 15) is 13.6 Å². The van der Waals surface area contributed by atoms with Gasteiger partial charge in [-0.15, -0.1) is 0 Å². The number of carbonyl (C=O) groups excluding carboxylic acids is 1. The molecule has 0 spiro atoms. The molecule has 0 saturated carbocycles. The highest BCUT2D eigenvalue weighted by Crippen LogP contribution is 2.25. The van der Waals surface area contributed by atoms with E-state index in [0.29, 0.717) is 24.3 Å². The quantitative estimate of drug-likeness (QED) is 0.779. The van der Waals surface area contributed by atoms with Gasteiger partial charge in [0, 0.05) is 26.1 Å². The van der Waals surface area contributed by atoms with E-state index in [1.807, 2.05) is 31.7 Å². The molecule has 2 aromatic rings. The van der Waals surface area contributed by atoms with Crippen molar-refractivity contribution in [3.05, 3.63) is 65.2 Å². The molecule has 0 aromatic heterocycles. The van der Waals surface area contributed by atoms with Crippen LogP contribution in [0, 0.1) is 11.6 Å². The number of rotatable bonds is 6. The van der Waals surface area contributed by atoms with Crippen LogP contribution in [0.4, 0.5) is 14.5 Å². The second-order valence-corrected chi connectivity index (χ2v) is 7.88. The van der Waals surface area contributed by atoms with Gasteiger partial charge in [-0.1, -0.05) is 25.1 Å². The third kappa shape index (κ3) is 5.76. The van der Waals surface area contributed by atoms with E-state index in [0.717, 1.165) is 5.56 Å². The number of ether oxygens (including phenoxy) is 1. The van der Waals surface area contributed by atoms with Gasteiger partial charge in [-0.2, -0.15) is 0 Å². The van der Waals surface area contributed by atoms with Crippen LogP contribution in [-0.2, 0) is 16.1 Å². The number of nitrogens with zero attached hydrogens (tertiary/aromatic N) is 1. The Kier molecular flexibility index (Phi) is 6.85. The number of hydrogen-bond donors (Lipinski definition) is 1. The topological polar surface area (TPSA) is 41.6 Å². The normalized spacial score (nSPS) is 20.4. The zero-order valence-electron chi connectivity index (χ0n) is 17.1. The molecule has 2 aromatic carbocycles. The Hall–Kier alpha value is -2.47. The molecule has 1 amide bonds. The minimum atomic E-state index is -0.295. The van der Waals surface area contributed by atoms with Gasteiger partial charge in [-0.05, 0) is 55.2 Å². The summed E-state index contributed by atoms with van der Waals surface area (Å²) in [6.07, 6.45) is 0.399. The summed E-state index contributed by atoms with van der Waals surface area (Å²) >= 11 is 0. The summed E-state index contributed by atoms with van der Waals surface area (Å²) in [7, 11) is 0. The van der Waals surface area contributed by atoms with Gasteiger partial charge < -0.3 is 15.0 Å². The molecule has 3 unspecified atom stereocenters. The largest absolute Gasteiger partial charge is 0.372 e. The lowest BCUT2D eigenvalue weighted by atomic mass is 9.97. The summed E-state index contributed by atoms with van der Waals surface area (Å²) in [5, 5.41) is 2.84. The molecule has 3 rings (SSSR count). The molecular formula is C23H28F2N2O2. The van der Waals surface area contributed by atoms with Crippen LogP contribution in [0.1, 0.15) is 44.2 Å². The number of carbonyl (C=O) groups is 1. The first-order valence-corrected chi connectivity index (χ1v) is 10.0. The van der Waals surface area contributed by atoms with E-state index >= 15 is 0 Å². The molecule has 0 bridgehead atoms. The van der Waals surface area contributed by atoms with Crippen LogP contribution < -0.4 is 10.2 Å². The van der Waals surface area contributed by atoms with E-state index in [4.69, 9.17) is 4.74 Å². The molecule has 1 aliphatic rings. The lowest BCUT2D eigenvalue weighted by molar-refractivity contribution is -0.121. The van der Waals surface area contributed by atoms with Crippen molar-refractivity contribution in [1.29, 1.82) is 0 Å². The maximum Gasteiger partial charge on any atom is 0.220 e. The summed E-state index contributed by atoms with van der Waals surface area (Å²) in [6, 6.07) is 11.2. The zero-order chi connectivity index (χ0) is 21.0. The highest BCUT2D eigenvalue weighted by Gasteiger charge is 2.24. The lowest BCUT2D eigenvalue weighted by Gasteiger charge is -2.37. The van der Waals surface area contributed by atoms with Gasteiger partial charge in [0.05, 0.1) is 17.9 Å². The molecule has 1 heterocycles. The second kappa shape index (κ2) is 9.35. The molecule has 1 aliphatic heterocycles. The Morgan fingerprint density at radius 3 is 2.41 bits per heavy atom. The molecule has 1 fully saturated rings. The predicted octanol–water partition coefficient (Wildman–Crippen LogP) is 4.39. The van der Waals surface area contributed by atoms with Crippen molar-refractivity contribution in [3.63, 3.8) is 0 Å². The van der Waals surface area contributed by atoms with Crippen LogP contribution in [0.25, 0.3) is 0 Å². The molecule has 0 aliphatic carbocycles. The number of morpholine rings is 1. The van der Waals surface area contributed by atoms with E-state index in [1.165, 1.54) is 18.2 Å². The number of amides is 1. The van der Waals surface area contributed by atoms with E-state index in [2.05, 4.69) is 5.32 Å². The molecule has 0 radical (unpaired) electrons. The maximum absolute atomic E-state index is 14.7. The Morgan fingerprint density at radius 1 is 1.14 bits per heavy atom. The first kappa shape index (κ1) is 21.2. The molecule has 3 atom stereocenters. The van der Waals surface area contributed by atoms with Crippen molar-refractivity contribution in [1.82, 2.24) is 5.32 Å². The van der Waals surface area contributed by atoms with Gasteiger partial charge in [0.2, 0.25) is 5.91 Å². The van der Waals surface area contributed by atoms with Crippen molar-refractivity contribution >= 4 is 11.6 Å². The van der Waals surface area contributed by atoms with Gasteiger partial charge in [0.25, 0.3) is 0 Å². The predicted molar refractivity (Wildman–Crippen MR) is 110 cm³/mol. The monoisotopic (exact) mass is 402 g/mol. The Bertz CT molecular complexity index is 831. The van der Waals surface area contributed by atoms with Gasteiger partial charge >= 0.3 is 0 Å². The third-order valence-corrected chi connectivity index (χ3v) is 5.19. The summed E-state index contributed by atoms with van der Waals surface area (Å²) in [5.74, 6) is -0.739. The van der Waals surface area contributed by atoms with Crippen molar-refractivity contribution < 1.29 is 18.3 Å². The summed E-state index contributed by atoms with van der Waals surface area (Å²) in [6.45, 7) is 7.46. The van der Waals surface area contributed by atoms with Crippen LogP contribution in [0.15, 0.2) is 42.5 Å². The molecule has 156 valence electrons. The number of anilines is 1. The molecule has 29 heavy (non-hydrogen) atoms. The van der Waals surface area contributed by atoms with Crippen molar-refractivity contribution in [3.8, 4) is 0 Å². The lowest BCUT2D eigenvalue weighted by Crippen LogP contribution is -2.45. The van der Waals surface area contributed by atoms with Crippen molar-refractivity contribution in [2.75, 3.05) is 18.0 Å². The smallest absolute Gasteiger partial charge is 0.220 e. The molecule has 1 N–H and O–H groups in total. The number of benzene rings is 2. The fourth-order valence-corrected chi connectivity index (χ4v) is 3.75. The first-order chi connectivity index (χ1) is 13.8. The Balaban J connectivity index is 1.54. The van der Waals surface area contributed by atoms with Crippen molar-refractivity contribution in [2.24, 2.45) is 0 Å². The van der Waals surface area contributed by atoms with Crippen LogP contribution >= 0.6 is 0 Å². The second-order valence-electron chi connectivity index (χ2n) is 7.88. The van der Waals surface area contributed by atoms with Gasteiger partial charge in [-0.25, -0.2) is 8.78 Å². The number of nitrogens with one attached hydrogen (secondary N) is 1. The minimum absolute atomic E-state index is 0.0278.